The Balaban J connectivity index is 1.91. The molecule has 3 rings (SSSR count). The third-order valence-electron chi connectivity index (χ3n) is 3.49. The molecule has 106 valence electrons. The average molecular weight is 292 g/mol. The molecule has 0 atom stereocenters. The molecule has 0 bridgehead atoms. The van der Waals surface area contributed by atoms with Crippen LogP contribution in [0, 0.1) is 0 Å². The van der Waals surface area contributed by atoms with E-state index in [1.807, 2.05) is 35.9 Å². The van der Waals surface area contributed by atoms with Gasteiger partial charge < -0.3 is 10.1 Å². The van der Waals surface area contributed by atoms with E-state index in [-0.39, 0.29) is 0 Å². The van der Waals surface area contributed by atoms with Gasteiger partial charge >= 0.3 is 0 Å². The minimum atomic E-state index is 0.723. The van der Waals surface area contributed by atoms with Crippen molar-refractivity contribution < 1.29 is 4.74 Å². The predicted molar refractivity (Wildman–Crippen MR) is 81.0 cm³/mol. The van der Waals surface area contributed by atoms with Gasteiger partial charge in [0.2, 0.25) is 0 Å². The summed E-state index contributed by atoms with van der Waals surface area (Å²) in [5.74, 6) is 1.11. The molecule has 0 amide bonds. The summed E-state index contributed by atoms with van der Waals surface area (Å²) in [7, 11) is 0. The molecule has 1 aromatic carbocycles. The fraction of sp³-hybridized carbons (Fsp3) is 0.400. The zero-order valence-corrected chi connectivity index (χ0v) is 12.3. The van der Waals surface area contributed by atoms with E-state index in [1.165, 1.54) is 5.56 Å². The number of nitrogens with zero attached hydrogens (tertiary/aromatic N) is 2. The molecule has 0 unspecified atom stereocenters. The standard InChI is InChI=1S/C15H18ClN3O/c1-2-20-10-8-14-13-7-9-17-15(13)19(18-14)12-5-3-11(16)4-6-12/h3-6,17H,2,7-10H2,1H3. The van der Waals surface area contributed by atoms with Gasteiger partial charge in [-0.2, -0.15) is 5.10 Å². The molecule has 0 fully saturated rings. The Kier molecular flexibility index (Phi) is 3.94. The highest BCUT2D eigenvalue weighted by molar-refractivity contribution is 6.30. The van der Waals surface area contributed by atoms with Gasteiger partial charge in [0, 0.05) is 30.2 Å². The zero-order chi connectivity index (χ0) is 13.9. The van der Waals surface area contributed by atoms with Crippen molar-refractivity contribution in [2.24, 2.45) is 0 Å². The Morgan fingerprint density at radius 3 is 2.90 bits per heavy atom. The van der Waals surface area contributed by atoms with Gasteiger partial charge in [0.05, 0.1) is 18.0 Å². The molecule has 4 nitrogen and oxygen atoms in total. The summed E-state index contributed by atoms with van der Waals surface area (Å²) < 4.78 is 7.41. The molecule has 0 radical (unpaired) electrons. The predicted octanol–water partition coefficient (Wildman–Crippen LogP) is 3.07. The van der Waals surface area contributed by atoms with Crippen molar-refractivity contribution in [3.05, 3.63) is 40.5 Å². The van der Waals surface area contributed by atoms with E-state index < -0.39 is 0 Å². The number of hydrogen-bond donors (Lipinski definition) is 1. The number of aromatic nitrogens is 2. The normalized spacial score (nSPS) is 13.3. The SMILES string of the molecule is CCOCCc1nn(-c2ccc(Cl)cc2)c2c1CCN2. The van der Waals surface area contributed by atoms with E-state index in [0.29, 0.717) is 0 Å². The molecular weight excluding hydrogens is 274 g/mol. The van der Waals surface area contributed by atoms with Crippen LogP contribution in [-0.2, 0) is 17.6 Å². The lowest BCUT2D eigenvalue weighted by Gasteiger charge is -2.06. The van der Waals surface area contributed by atoms with E-state index in [1.54, 1.807) is 0 Å². The Hall–Kier alpha value is -1.52. The summed E-state index contributed by atoms with van der Waals surface area (Å²) in [5.41, 5.74) is 3.48. The molecule has 0 aliphatic carbocycles. The summed E-state index contributed by atoms with van der Waals surface area (Å²) in [4.78, 5) is 0. The van der Waals surface area contributed by atoms with Crippen LogP contribution in [0.15, 0.2) is 24.3 Å². The molecule has 20 heavy (non-hydrogen) atoms. The Labute approximate surface area is 123 Å². The second-order valence-corrected chi connectivity index (χ2v) is 5.22. The van der Waals surface area contributed by atoms with Crippen molar-refractivity contribution in [2.75, 3.05) is 25.1 Å². The van der Waals surface area contributed by atoms with E-state index in [0.717, 1.165) is 54.8 Å². The minimum Gasteiger partial charge on any atom is -0.381 e. The largest absolute Gasteiger partial charge is 0.381 e. The molecule has 2 heterocycles. The number of ether oxygens (including phenoxy) is 1. The van der Waals surface area contributed by atoms with Crippen LogP contribution in [-0.4, -0.2) is 29.5 Å². The molecule has 1 aliphatic heterocycles. The summed E-state index contributed by atoms with van der Waals surface area (Å²) in [6, 6.07) is 7.75. The third kappa shape index (κ3) is 2.53. The fourth-order valence-corrected chi connectivity index (χ4v) is 2.65. The smallest absolute Gasteiger partial charge is 0.133 e. The van der Waals surface area contributed by atoms with Gasteiger partial charge in [-0.15, -0.1) is 0 Å². The van der Waals surface area contributed by atoms with Gasteiger partial charge in [0.15, 0.2) is 0 Å². The Bertz CT molecular complexity index is 592. The van der Waals surface area contributed by atoms with Gasteiger partial charge in [0.1, 0.15) is 5.82 Å². The van der Waals surface area contributed by atoms with E-state index in [4.69, 9.17) is 21.4 Å². The molecule has 0 saturated carbocycles. The van der Waals surface area contributed by atoms with Crippen molar-refractivity contribution in [3.63, 3.8) is 0 Å². The topological polar surface area (TPSA) is 39.1 Å². The lowest BCUT2D eigenvalue weighted by atomic mass is 10.1. The maximum atomic E-state index is 5.94. The summed E-state index contributed by atoms with van der Waals surface area (Å²) in [6.45, 7) is 4.46. The molecule has 5 heteroatoms. The molecular formula is C15H18ClN3O. The zero-order valence-electron chi connectivity index (χ0n) is 11.5. The summed E-state index contributed by atoms with van der Waals surface area (Å²) in [5, 5.41) is 8.89. The molecule has 0 spiro atoms. The first-order valence-electron chi connectivity index (χ1n) is 6.98. The summed E-state index contributed by atoms with van der Waals surface area (Å²) in [6.07, 6.45) is 1.89. The minimum absolute atomic E-state index is 0.723. The number of nitrogens with one attached hydrogen (secondary N) is 1. The maximum absolute atomic E-state index is 5.94. The Morgan fingerprint density at radius 1 is 1.35 bits per heavy atom. The Morgan fingerprint density at radius 2 is 2.15 bits per heavy atom. The van der Waals surface area contributed by atoms with Gasteiger partial charge in [-0.1, -0.05) is 11.6 Å². The quantitative estimate of drug-likeness (QED) is 0.861. The fourth-order valence-electron chi connectivity index (χ4n) is 2.53. The number of rotatable bonds is 5. The van der Waals surface area contributed by atoms with Crippen molar-refractivity contribution in [2.45, 2.75) is 19.8 Å². The monoisotopic (exact) mass is 291 g/mol. The second-order valence-electron chi connectivity index (χ2n) is 4.79. The molecule has 1 N–H and O–H groups in total. The molecule has 1 aromatic heterocycles. The first kappa shape index (κ1) is 13.5. The van der Waals surface area contributed by atoms with E-state index in [2.05, 4.69) is 5.32 Å². The lowest BCUT2D eigenvalue weighted by molar-refractivity contribution is 0.150. The van der Waals surface area contributed by atoms with Crippen LogP contribution < -0.4 is 5.32 Å². The maximum Gasteiger partial charge on any atom is 0.133 e. The van der Waals surface area contributed by atoms with Crippen LogP contribution in [0.3, 0.4) is 0 Å². The highest BCUT2D eigenvalue weighted by Gasteiger charge is 2.22. The van der Waals surface area contributed by atoms with Crippen LogP contribution >= 0.6 is 11.6 Å². The molecule has 1 aliphatic rings. The van der Waals surface area contributed by atoms with Crippen LogP contribution in [0.25, 0.3) is 5.69 Å². The number of anilines is 1. The third-order valence-corrected chi connectivity index (χ3v) is 3.74. The van der Waals surface area contributed by atoms with E-state index in [9.17, 15) is 0 Å². The molecule has 2 aromatic rings. The molecule has 0 saturated heterocycles. The van der Waals surface area contributed by atoms with Crippen LogP contribution in [0.5, 0.6) is 0 Å². The second kappa shape index (κ2) is 5.85. The van der Waals surface area contributed by atoms with E-state index >= 15 is 0 Å². The number of halogens is 1. The van der Waals surface area contributed by atoms with Crippen LogP contribution in [0.1, 0.15) is 18.2 Å². The highest BCUT2D eigenvalue weighted by atomic mass is 35.5. The van der Waals surface area contributed by atoms with Crippen molar-refractivity contribution in [3.8, 4) is 5.69 Å². The number of hydrogen-bond acceptors (Lipinski definition) is 3. The lowest BCUT2D eigenvalue weighted by Crippen LogP contribution is -2.06. The first-order chi connectivity index (χ1) is 9.79. The van der Waals surface area contributed by atoms with Gasteiger partial charge in [-0.25, -0.2) is 4.68 Å². The number of benzene rings is 1. The van der Waals surface area contributed by atoms with Gasteiger partial charge in [0.25, 0.3) is 0 Å². The van der Waals surface area contributed by atoms with Gasteiger partial charge in [-0.05, 0) is 37.6 Å². The van der Waals surface area contributed by atoms with Gasteiger partial charge in [-0.3, -0.25) is 0 Å². The van der Waals surface area contributed by atoms with Crippen molar-refractivity contribution in [1.82, 2.24) is 9.78 Å². The van der Waals surface area contributed by atoms with Crippen molar-refractivity contribution >= 4 is 17.4 Å². The highest BCUT2D eigenvalue weighted by Crippen LogP contribution is 2.29. The van der Waals surface area contributed by atoms with Crippen molar-refractivity contribution in [1.29, 1.82) is 0 Å². The first-order valence-corrected chi connectivity index (χ1v) is 7.35. The van der Waals surface area contributed by atoms with Crippen LogP contribution in [0.2, 0.25) is 5.02 Å². The average Bonchev–Trinajstić information content (AvgIpc) is 3.04. The summed E-state index contributed by atoms with van der Waals surface area (Å²) >= 11 is 5.94. The number of fused-ring (bicyclic) bond motifs is 1. The van der Waals surface area contributed by atoms with Crippen LogP contribution in [0.4, 0.5) is 5.82 Å².